The molecule has 4 atom stereocenters. The van der Waals surface area contributed by atoms with Crippen molar-refractivity contribution in [2.75, 3.05) is 18.0 Å². The Balaban J connectivity index is 0.00000532. The van der Waals surface area contributed by atoms with E-state index >= 15 is 0 Å². The molecule has 1 aliphatic heterocycles. The second kappa shape index (κ2) is 17.1. The zero-order valence-electron chi connectivity index (χ0n) is 35.1. The van der Waals surface area contributed by atoms with Crippen LogP contribution >= 0.6 is 0 Å². The Morgan fingerprint density at radius 2 is 0.696 bits per heavy atom. The molecule has 0 saturated carbocycles. The number of nitrogens with zero attached hydrogens (tertiary/aromatic N) is 2. The Hall–Kier alpha value is -4.92. The molecule has 0 fully saturated rings. The zero-order valence-corrected chi connectivity index (χ0v) is 35.9. The molecule has 0 amide bonds. The normalized spacial score (nSPS) is 14.8. The summed E-state index contributed by atoms with van der Waals surface area (Å²) in [6, 6.07) is 44.4. The Morgan fingerprint density at radius 1 is 0.411 bits per heavy atom. The summed E-state index contributed by atoms with van der Waals surface area (Å²) in [6.45, 7) is 25.6. The van der Waals surface area contributed by atoms with Gasteiger partial charge in [-0.15, -0.1) is 0 Å². The van der Waals surface area contributed by atoms with Crippen molar-refractivity contribution < 1.29 is 17.0 Å². The number of benzene rings is 6. The van der Waals surface area contributed by atoms with Gasteiger partial charge in [-0.05, 0) is 97.2 Å². The van der Waals surface area contributed by atoms with Crippen LogP contribution in [0.3, 0.4) is 0 Å². The summed E-state index contributed by atoms with van der Waals surface area (Å²) in [4.78, 5) is 2.63. The minimum Gasteiger partial charge on any atom is -1.00 e. The van der Waals surface area contributed by atoms with Crippen molar-refractivity contribution in [3.63, 3.8) is 0 Å². The average molecular weight is 760 g/mol. The molecule has 1 heterocycles. The molecule has 0 aromatic heterocycles. The van der Waals surface area contributed by atoms with Crippen LogP contribution in [0.4, 0.5) is 11.4 Å². The molecule has 0 aliphatic carbocycles. The molecule has 288 valence electrons. The maximum atomic E-state index is 2.63. The first kappa shape index (κ1) is 40.7. The molecule has 6 aromatic rings. The molecular formula is C53H59ClN2. The number of hydrogen-bond donors (Lipinski definition) is 0. The fourth-order valence-electron chi connectivity index (χ4n) is 9.58. The first-order valence-electron chi connectivity index (χ1n) is 20.4. The quantitative estimate of drug-likeness (QED) is 0.126. The van der Waals surface area contributed by atoms with Crippen molar-refractivity contribution in [2.45, 2.75) is 92.9 Å². The highest BCUT2D eigenvalue weighted by Crippen LogP contribution is 2.48. The Morgan fingerprint density at radius 3 is 1.02 bits per heavy atom. The van der Waals surface area contributed by atoms with Gasteiger partial charge >= 0.3 is 0 Å². The van der Waals surface area contributed by atoms with Crippen molar-refractivity contribution in [1.29, 1.82) is 0 Å². The van der Waals surface area contributed by atoms with Crippen molar-refractivity contribution in [2.24, 2.45) is 0 Å². The zero-order chi connectivity index (χ0) is 39.0. The summed E-state index contributed by atoms with van der Waals surface area (Å²) in [5, 5.41) is 0. The van der Waals surface area contributed by atoms with E-state index in [-0.39, 0.29) is 36.1 Å². The highest BCUT2D eigenvalue weighted by atomic mass is 35.5. The Bertz CT molecular complexity index is 2180. The van der Waals surface area contributed by atoms with Gasteiger partial charge in [0.1, 0.15) is 24.5 Å². The lowest BCUT2D eigenvalue weighted by atomic mass is 9.78. The third kappa shape index (κ3) is 7.37. The van der Waals surface area contributed by atoms with Gasteiger partial charge in [0.15, 0.2) is 0 Å². The van der Waals surface area contributed by atoms with Gasteiger partial charge < -0.3 is 12.4 Å². The fourth-order valence-corrected chi connectivity index (χ4v) is 9.58. The van der Waals surface area contributed by atoms with E-state index in [1.165, 1.54) is 89.3 Å². The minimum absolute atomic E-state index is 0. The van der Waals surface area contributed by atoms with Crippen LogP contribution in [0.25, 0.3) is 0 Å². The SMILES string of the molecule is Cc1c(C)c([C@H](C)c2ccccc2)c(N2C=[N+](c3c([C@H](C)c4ccccc4)c(C)c(C)c(C)c3[C@H](C)c3ccccc3)CC2)c([C@H](C)c2ccccc2)c1C.[Cl-]. The largest absolute Gasteiger partial charge is 1.00 e. The van der Waals surface area contributed by atoms with Crippen LogP contribution in [0, 0.1) is 41.5 Å². The molecule has 6 aromatic carbocycles. The molecule has 0 saturated heterocycles. The third-order valence-corrected chi connectivity index (χ3v) is 13.3. The summed E-state index contributed by atoms with van der Waals surface area (Å²) >= 11 is 0. The van der Waals surface area contributed by atoms with E-state index in [1.807, 2.05) is 0 Å². The van der Waals surface area contributed by atoms with Gasteiger partial charge in [-0.2, -0.15) is 0 Å². The summed E-state index contributed by atoms with van der Waals surface area (Å²) in [5.41, 5.74) is 22.4. The van der Waals surface area contributed by atoms with Crippen LogP contribution in [0.1, 0.15) is 129 Å². The van der Waals surface area contributed by atoms with E-state index in [2.05, 4.69) is 206 Å². The first-order valence-corrected chi connectivity index (χ1v) is 20.4. The second-order valence-corrected chi connectivity index (χ2v) is 16.1. The molecular weight excluding hydrogens is 700 g/mol. The number of rotatable bonds is 10. The second-order valence-electron chi connectivity index (χ2n) is 16.1. The van der Waals surface area contributed by atoms with Gasteiger partial charge in [-0.1, -0.05) is 149 Å². The van der Waals surface area contributed by atoms with Gasteiger partial charge in [-0.3, -0.25) is 0 Å². The first-order chi connectivity index (χ1) is 26.5. The minimum atomic E-state index is 0. The van der Waals surface area contributed by atoms with Crippen LogP contribution in [-0.2, 0) is 0 Å². The number of anilines is 1. The standard InChI is InChI=1S/C53H59N2.ClH/c1-34-36(3)48(40(7)44-23-15-11-16-24-44)52(49(37(34)4)41(8)45-25-17-12-18-26-45)54-31-32-55(33-54)53-50(42(9)46-27-19-13-20-28-46)38(5)35(2)39(6)51(53)43(10)47-29-21-14-22-30-47;/h11-30,33,40-43H,31-32H2,1-10H3;1H/q+1;/p-1/t40-,41-,42-,43-;/m1./s1. The van der Waals surface area contributed by atoms with Gasteiger partial charge in [0, 0.05) is 45.9 Å². The van der Waals surface area contributed by atoms with E-state index in [1.54, 1.807) is 0 Å². The van der Waals surface area contributed by atoms with Crippen LogP contribution in [-0.4, -0.2) is 24.0 Å². The summed E-state index contributed by atoms with van der Waals surface area (Å²) in [5.74, 6) is 0.911. The topological polar surface area (TPSA) is 6.25 Å². The molecule has 0 radical (unpaired) electrons. The van der Waals surface area contributed by atoms with Crippen LogP contribution < -0.4 is 17.3 Å². The molecule has 0 unspecified atom stereocenters. The number of halogens is 1. The Kier molecular flexibility index (Phi) is 12.4. The van der Waals surface area contributed by atoms with E-state index < -0.39 is 0 Å². The predicted molar refractivity (Wildman–Crippen MR) is 235 cm³/mol. The molecule has 0 bridgehead atoms. The molecule has 7 rings (SSSR count). The summed E-state index contributed by atoms with van der Waals surface area (Å²) in [6.07, 6.45) is 2.48. The lowest BCUT2D eigenvalue weighted by Crippen LogP contribution is -3.00. The molecule has 0 N–H and O–H groups in total. The highest BCUT2D eigenvalue weighted by molar-refractivity contribution is 5.86. The van der Waals surface area contributed by atoms with Gasteiger partial charge in [-0.25, -0.2) is 9.48 Å². The van der Waals surface area contributed by atoms with Crippen LogP contribution in [0.15, 0.2) is 121 Å². The van der Waals surface area contributed by atoms with Crippen LogP contribution in [0.2, 0.25) is 0 Å². The summed E-state index contributed by atoms with van der Waals surface area (Å²) in [7, 11) is 0. The maximum Gasteiger partial charge on any atom is 0.244 e. The molecule has 1 aliphatic rings. The lowest BCUT2D eigenvalue weighted by molar-refractivity contribution is -0.425. The maximum absolute atomic E-state index is 2.63. The van der Waals surface area contributed by atoms with Crippen molar-refractivity contribution in [1.82, 2.24) is 0 Å². The van der Waals surface area contributed by atoms with Crippen molar-refractivity contribution in [3.8, 4) is 0 Å². The van der Waals surface area contributed by atoms with E-state index in [0.717, 1.165) is 13.1 Å². The average Bonchev–Trinajstić information content (AvgIpc) is 3.72. The van der Waals surface area contributed by atoms with E-state index in [0.29, 0.717) is 0 Å². The summed E-state index contributed by atoms with van der Waals surface area (Å²) < 4.78 is 2.63. The Labute approximate surface area is 343 Å². The third-order valence-electron chi connectivity index (χ3n) is 13.3. The van der Waals surface area contributed by atoms with Gasteiger partial charge in [0.2, 0.25) is 6.34 Å². The predicted octanol–water partition coefficient (Wildman–Crippen LogP) is 10.3. The van der Waals surface area contributed by atoms with Crippen molar-refractivity contribution >= 4 is 17.7 Å². The van der Waals surface area contributed by atoms with Crippen LogP contribution in [0.5, 0.6) is 0 Å². The molecule has 3 heteroatoms. The smallest absolute Gasteiger partial charge is 0.244 e. The van der Waals surface area contributed by atoms with Gasteiger partial charge in [0.05, 0.1) is 0 Å². The number of hydrogen-bond acceptors (Lipinski definition) is 1. The molecule has 0 spiro atoms. The lowest BCUT2D eigenvalue weighted by Gasteiger charge is -2.29. The van der Waals surface area contributed by atoms with Gasteiger partial charge in [0.25, 0.3) is 0 Å². The van der Waals surface area contributed by atoms with E-state index in [4.69, 9.17) is 0 Å². The van der Waals surface area contributed by atoms with Crippen molar-refractivity contribution in [3.05, 3.63) is 199 Å². The monoisotopic (exact) mass is 758 g/mol. The molecule has 2 nitrogen and oxygen atoms in total. The van der Waals surface area contributed by atoms with E-state index in [9.17, 15) is 0 Å². The highest BCUT2D eigenvalue weighted by Gasteiger charge is 2.37. The molecule has 56 heavy (non-hydrogen) atoms. The fraction of sp³-hybridized carbons (Fsp3) is 0.302.